The molecule has 1 fully saturated rings. The van der Waals surface area contributed by atoms with Gasteiger partial charge in [-0.2, -0.15) is 17.6 Å². The van der Waals surface area contributed by atoms with E-state index >= 15 is 0 Å². The monoisotopic (exact) mass is 444 g/mol. The van der Waals surface area contributed by atoms with Gasteiger partial charge in [0.2, 0.25) is 5.82 Å². The standard InChI is InChI=1S/C25H33F5O/c1-2-3-4-5-17-6-8-18(9-7-17)19-10-12-20(13-11-19)21-14-15-22(24(27)23(21)26)31-16-25(28,29)30/h12,14-15,17-19H,2-11,13,16H2,1H3. The smallest absolute Gasteiger partial charge is 0.422 e. The van der Waals surface area contributed by atoms with Crippen LogP contribution in [0.15, 0.2) is 18.2 Å². The summed E-state index contributed by atoms with van der Waals surface area (Å²) in [5.41, 5.74) is 0.873. The molecule has 2 aliphatic rings. The molecule has 1 unspecified atom stereocenters. The fraction of sp³-hybridized carbons (Fsp3) is 0.680. The normalized spacial score (nSPS) is 24.7. The summed E-state index contributed by atoms with van der Waals surface area (Å²) in [5, 5.41) is 0. The lowest BCUT2D eigenvalue weighted by Crippen LogP contribution is -2.23. The van der Waals surface area contributed by atoms with Crippen molar-refractivity contribution in [3.05, 3.63) is 35.4 Å². The summed E-state index contributed by atoms with van der Waals surface area (Å²) in [6, 6.07) is 2.42. The van der Waals surface area contributed by atoms with E-state index in [0.29, 0.717) is 18.3 Å². The maximum absolute atomic E-state index is 14.5. The van der Waals surface area contributed by atoms with E-state index in [9.17, 15) is 22.0 Å². The van der Waals surface area contributed by atoms with Crippen LogP contribution in [0.2, 0.25) is 0 Å². The quantitative estimate of drug-likeness (QED) is 0.289. The van der Waals surface area contributed by atoms with Gasteiger partial charge in [0.25, 0.3) is 0 Å². The third kappa shape index (κ3) is 6.69. The van der Waals surface area contributed by atoms with Crippen LogP contribution in [-0.4, -0.2) is 12.8 Å². The molecule has 3 rings (SSSR count). The van der Waals surface area contributed by atoms with Crippen molar-refractivity contribution in [3.63, 3.8) is 0 Å². The minimum Gasteiger partial charge on any atom is -0.481 e. The van der Waals surface area contributed by atoms with E-state index in [1.807, 2.05) is 6.08 Å². The molecule has 1 atom stereocenters. The third-order valence-corrected chi connectivity index (χ3v) is 7.01. The van der Waals surface area contributed by atoms with Crippen LogP contribution < -0.4 is 4.74 Å². The number of hydrogen-bond acceptors (Lipinski definition) is 1. The van der Waals surface area contributed by atoms with E-state index in [0.717, 1.165) is 30.4 Å². The zero-order valence-corrected chi connectivity index (χ0v) is 18.2. The van der Waals surface area contributed by atoms with Gasteiger partial charge in [-0.25, -0.2) is 4.39 Å². The van der Waals surface area contributed by atoms with Crippen molar-refractivity contribution in [3.8, 4) is 5.75 Å². The van der Waals surface area contributed by atoms with E-state index in [2.05, 4.69) is 11.7 Å². The molecular weight excluding hydrogens is 411 g/mol. The molecule has 1 saturated carbocycles. The topological polar surface area (TPSA) is 9.23 Å². The average Bonchev–Trinajstić information content (AvgIpc) is 2.75. The Hall–Kier alpha value is -1.59. The van der Waals surface area contributed by atoms with E-state index in [4.69, 9.17) is 0 Å². The predicted molar refractivity (Wildman–Crippen MR) is 113 cm³/mol. The summed E-state index contributed by atoms with van der Waals surface area (Å²) in [6.45, 7) is 0.589. The molecule has 0 spiro atoms. The zero-order valence-electron chi connectivity index (χ0n) is 18.2. The molecule has 0 amide bonds. The summed E-state index contributed by atoms with van der Waals surface area (Å²) in [6.07, 6.45) is 10.3. The van der Waals surface area contributed by atoms with Gasteiger partial charge >= 0.3 is 6.18 Å². The van der Waals surface area contributed by atoms with Crippen LogP contribution in [0.5, 0.6) is 5.75 Å². The van der Waals surface area contributed by atoms with Gasteiger partial charge in [0.05, 0.1) is 0 Å². The van der Waals surface area contributed by atoms with Crippen molar-refractivity contribution < 1.29 is 26.7 Å². The Labute approximate surface area is 182 Å². The first-order valence-corrected chi connectivity index (χ1v) is 11.7. The molecular formula is C25H33F5O. The van der Waals surface area contributed by atoms with Crippen LogP contribution in [0.1, 0.15) is 83.1 Å². The molecule has 0 N–H and O–H groups in total. The highest BCUT2D eigenvalue weighted by Crippen LogP contribution is 2.43. The number of unbranched alkanes of at least 4 members (excludes halogenated alkanes) is 2. The lowest BCUT2D eigenvalue weighted by Gasteiger charge is -2.35. The van der Waals surface area contributed by atoms with Gasteiger partial charge in [-0.1, -0.05) is 51.5 Å². The lowest BCUT2D eigenvalue weighted by molar-refractivity contribution is -0.153. The largest absolute Gasteiger partial charge is 0.481 e. The van der Waals surface area contributed by atoms with Crippen LogP contribution in [0.25, 0.3) is 5.57 Å². The second-order valence-corrected chi connectivity index (χ2v) is 9.18. The zero-order chi connectivity index (χ0) is 22.4. The first-order valence-electron chi connectivity index (χ1n) is 11.7. The fourth-order valence-corrected chi connectivity index (χ4v) is 5.21. The Morgan fingerprint density at radius 2 is 1.68 bits per heavy atom. The number of hydrogen-bond donors (Lipinski definition) is 0. The fourth-order valence-electron chi connectivity index (χ4n) is 5.21. The second kappa shape index (κ2) is 10.8. The Morgan fingerprint density at radius 1 is 0.935 bits per heavy atom. The summed E-state index contributed by atoms with van der Waals surface area (Å²) < 4.78 is 69.9. The summed E-state index contributed by atoms with van der Waals surface area (Å²) in [7, 11) is 0. The van der Waals surface area contributed by atoms with Crippen LogP contribution in [0.4, 0.5) is 22.0 Å². The number of allylic oxidation sites excluding steroid dienone is 2. The van der Waals surface area contributed by atoms with Gasteiger partial charge in [0.1, 0.15) is 0 Å². The molecule has 0 aliphatic heterocycles. The van der Waals surface area contributed by atoms with Crippen molar-refractivity contribution in [2.24, 2.45) is 17.8 Å². The van der Waals surface area contributed by atoms with Gasteiger partial charge in [-0.05, 0) is 67.6 Å². The molecule has 0 heterocycles. The lowest BCUT2D eigenvalue weighted by atomic mass is 9.70. The van der Waals surface area contributed by atoms with Crippen LogP contribution >= 0.6 is 0 Å². The SMILES string of the molecule is CCCCCC1CCC(C2CC=C(c3ccc(OCC(F)(F)F)c(F)c3F)CC2)CC1. The summed E-state index contributed by atoms with van der Waals surface area (Å²) in [4.78, 5) is 0. The number of benzene rings is 1. The van der Waals surface area contributed by atoms with Crippen molar-refractivity contribution in [1.29, 1.82) is 0 Å². The third-order valence-electron chi connectivity index (χ3n) is 7.01. The maximum Gasteiger partial charge on any atom is 0.422 e. The van der Waals surface area contributed by atoms with Crippen LogP contribution in [0.3, 0.4) is 0 Å². The van der Waals surface area contributed by atoms with Crippen molar-refractivity contribution in [1.82, 2.24) is 0 Å². The Bertz CT molecular complexity index is 747. The molecule has 0 radical (unpaired) electrons. The number of halogens is 5. The molecule has 0 aromatic heterocycles. The molecule has 0 bridgehead atoms. The van der Waals surface area contributed by atoms with Crippen molar-refractivity contribution in [2.75, 3.05) is 6.61 Å². The molecule has 1 aromatic rings. The predicted octanol–water partition coefficient (Wildman–Crippen LogP) is 8.48. The molecule has 174 valence electrons. The minimum atomic E-state index is -4.60. The minimum absolute atomic E-state index is 0.134. The van der Waals surface area contributed by atoms with Crippen LogP contribution in [-0.2, 0) is 0 Å². The molecule has 6 heteroatoms. The van der Waals surface area contributed by atoms with Gasteiger partial charge in [-0.3, -0.25) is 0 Å². The number of ether oxygens (including phenoxy) is 1. The average molecular weight is 445 g/mol. The Kier molecular flexibility index (Phi) is 8.40. The Morgan fingerprint density at radius 3 is 2.29 bits per heavy atom. The molecule has 31 heavy (non-hydrogen) atoms. The second-order valence-electron chi connectivity index (χ2n) is 9.18. The van der Waals surface area contributed by atoms with Crippen LogP contribution in [0, 0.1) is 29.4 Å². The molecule has 2 aliphatic carbocycles. The highest BCUT2D eigenvalue weighted by molar-refractivity contribution is 5.67. The summed E-state index contributed by atoms with van der Waals surface area (Å²) in [5.74, 6) is -1.03. The maximum atomic E-state index is 14.5. The van der Waals surface area contributed by atoms with Gasteiger partial charge in [0.15, 0.2) is 18.2 Å². The number of rotatable bonds is 8. The van der Waals surface area contributed by atoms with Gasteiger partial charge in [-0.15, -0.1) is 0 Å². The van der Waals surface area contributed by atoms with Crippen molar-refractivity contribution >= 4 is 5.57 Å². The first-order chi connectivity index (χ1) is 14.8. The van der Waals surface area contributed by atoms with Gasteiger partial charge < -0.3 is 4.74 Å². The van der Waals surface area contributed by atoms with E-state index < -0.39 is 30.2 Å². The first kappa shape index (κ1) is 24.1. The van der Waals surface area contributed by atoms with E-state index in [1.165, 1.54) is 57.4 Å². The molecule has 1 aromatic carbocycles. The number of alkyl halides is 3. The summed E-state index contributed by atoms with van der Waals surface area (Å²) >= 11 is 0. The Balaban J connectivity index is 1.55. The highest BCUT2D eigenvalue weighted by Gasteiger charge is 2.31. The highest BCUT2D eigenvalue weighted by atomic mass is 19.4. The van der Waals surface area contributed by atoms with E-state index in [-0.39, 0.29) is 5.56 Å². The molecule has 1 nitrogen and oxygen atoms in total. The van der Waals surface area contributed by atoms with Gasteiger partial charge in [0, 0.05) is 5.56 Å². The molecule has 0 saturated heterocycles. The van der Waals surface area contributed by atoms with Crippen molar-refractivity contribution in [2.45, 2.75) is 83.7 Å². The van der Waals surface area contributed by atoms with E-state index in [1.54, 1.807) is 0 Å².